The zero-order chi connectivity index (χ0) is 56.4. The number of hydrogen-bond donors (Lipinski definition) is 4. The van der Waals surface area contributed by atoms with Gasteiger partial charge in [-0.25, -0.2) is 4.57 Å². The van der Waals surface area contributed by atoms with Crippen molar-refractivity contribution < 1.29 is 38.0 Å². The average Bonchev–Trinajstić information content (AvgIpc) is 3.39. The highest BCUT2D eigenvalue weighted by Gasteiger charge is 2.32. The fraction of sp³-hybridized carbons (Fsp3) is 0.746. The Morgan fingerprint density at radius 3 is 1.23 bits per heavy atom. The van der Waals surface area contributed by atoms with Crippen molar-refractivity contribution in [3.05, 3.63) is 97.2 Å². The predicted molar refractivity (Wildman–Crippen MR) is 333 cm³/mol. The fourth-order valence-electron chi connectivity index (χ4n) is 8.93. The lowest BCUT2D eigenvalue weighted by Crippen LogP contribution is -2.51. The van der Waals surface area contributed by atoms with Crippen molar-refractivity contribution in [3.63, 3.8) is 0 Å². The van der Waals surface area contributed by atoms with Crippen LogP contribution in [0.1, 0.15) is 264 Å². The van der Waals surface area contributed by atoms with E-state index in [2.05, 4.69) is 116 Å². The van der Waals surface area contributed by atoms with Gasteiger partial charge in [0.15, 0.2) is 0 Å². The van der Waals surface area contributed by atoms with Crippen LogP contribution in [-0.2, 0) is 18.4 Å². The van der Waals surface area contributed by atoms with E-state index in [0.717, 1.165) is 83.5 Å². The van der Waals surface area contributed by atoms with Crippen molar-refractivity contribution in [1.82, 2.24) is 5.32 Å². The van der Waals surface area contributed by atoms with Crippen LogP contribution < -0.4 is 5.32 Å². The Morgan fingerprint density at radius 1 is 0.468 bits per heavy atom. The van der Waals surface area contributed by atoms with E-state index in [4.69, 9.17) is 9.05 Å². The number of unbranched alkanes of at least 4 members (excludes halogenated alkanes) is 27. The SMILES string of the molecule is CC/C=C\C/C=C\C/C=C\C/C=C\C/C=C\C/C=C\CCCCCCCCCCCCCCCCCCCCCCCCC(=O)NC(COP(=O)(O)OCC[N+](C)(C)C)C(O)C(O)CCC/C=C/CC/C=C/CCCCC. The number of phosphoric acid groups is 1. The molecule has 0 aromatic rings. The van der Waals surface area contributed by atoms with E-state index in [-0.39, 0.29) is 18.9 Å². The monoisotopic (exact) mass is 1100 g/mol. The number of nitrogens with zero attached hydrogens (tertiary/aromatic N) is 1. The van der Waals surface area contributed by atoms with E-state index < -0.39 is 32.7 Å². The third kappa shape index (κ3) is 57.9. The van der Waals surface area contributed by atoms with Crippen LogP contribution in [0.2, 0.25) is 0 Å². The van der Waals surface area contributed by atoms with Gasteiger partial charge in [0.1, 0.15) is 19.3 Å². The van der Waals surface area contributed by atoms with Gasteiger partial charge in [-0.1, -0.05) is 252 Å². The van der Waals surface area contributed by atoms with Gasteiger partial charge in [-0.3, -0.25) is 13.8 Å². The number of carbonyl (C=O) groups is 1. The maximum atomic E-state index is 13.0. The van der Waals surface area contributed by atoms with E-state index in [9.17, 15) is 24.5 Å². The van der Waals surface area contributed by atoms with Crippen LogP contribution >= 0.6 is 7.82 Å². The van der Waals surface area contributed by atoms with E-state index >= 15 is 0 Å². The molecule has 0 fully saturated rings. The molecule has 77 heavy (non-hydrogen) atoms. The summed E-state index contributed by atoms with van der Waals surface area (Å²) < 4.78 is 23.6. The summed E-state index contributed by atoms with van der Waals surface area (Å²) in [6, 6.07) is -1.06. The van der Waals surface area contributed by atoms with E-state index in [0.29, 0.717) is 23.9 Å². The maximum absolute atomic E-state index is 13.0. The van der Waals surface area contributed by atoms with Crippen molar-refractivity contribution in [2.45, 2.75) is 283 Å². The van der Waals surface area contributed by atoms with Crippen molar-refractivity contribution in [3.8, 4) is 0 Å². The molecule has 0 aromatic carbocycles. The Hall–Kier alpha value is -2.62. The highest BCUT2D eigenvalue weighted by Crippen LogP contribution is 2.43. The number of rotatable bonds is 57. The van der Waals surface area contributed by atoms with E-state index in [1.54, 1.807) is 0 Å². The number of amides is 1. The first-order valence-corrected chi connectivity index (χ1v) is 33.2. The molecule has 4 unspecified atom stereocenters. The summed E-state index contributed by atoms with van der Waals surface area (Å²) in [5.74, 6) is -0.272. The molecule has 0 radical (unpaired) electrons. The van der Waals surface area contributed by atoms with E-state index in [1.807, 2.05) is 21.1 Å². The number of phosphoric ester groups is 1. The lowest BCUT2D eigenvalue weighted by molar-refractivity contribution is -0.870. The Morgan fingerprint density at radius 2 is 0.818 bits per heavy atom. The molecular weight excluding hydrogens is 976 g/mol. The van der Waals surface area contributed by atoms with Gasteiger partial charge < -0.3 is 24.9 Å². The van der Waals surface area contributed by atoms with Crippen LogP contribution in [0.15, 0.2) is 97.2 Å². The van der Waals surface area contributed by atoms with Gasteiger partial charge in [0, 0.05) is 6.42 Å². The number of hydrogen-bond acceptors (Lipinski definition) is 6. The maximum Gasteiger partial charge on any atom is 0.472 e. The quantitative estimate of drug-likeness (QED) is 0.0207. The first kappa shape index (κ1) is 74.4. The molecule has 4 N–H and O–H groups in total. The van der Waals surface area contributed by atoms with Crippen molar-refractivity contribution >= 4 is 13.7 Å². The van der Waals surface area contributed by atoms with Gasteiger partial charge in [-0.05, 0) is 103 Å². The summed E-state index contributed by atoms with van der Waals surface area (Å²) in [7, 11) is 1.41. The number of aliphatic hydroxyl groups excluding tert-OH is 2. The summed E-state index contributed by atoms with van der Waals surface area (Å²) >= 11 is 0. The molecule has 0 heterocycles. The van der Waals surface area contributed by atoms with Crippen LogP contribution in [0.4, 0.5) is 0 Å². The van der Waals surface area contributed by atoms with E-state index in [1.165, 1.54) is 148 Å². The number of nitrogens with one attached hydrogen (secondary N) is 1. The molecule has 0 saturated carbocycles. The normalized spacial score (nSPS) is 14.9. The first-order valence-electron chi connectivity index (χ1n) is 31.7. The third-order valence-corrected chi connectivity index (χ3v) is 14.9. The molecule has 0 spiro atoms. The van der Waals surface area contributed by atoms with Crippen molar-refractivity contribution in [2.24, 2.45) is 0 Å². The molecule has 0 aromatic heterocycles. The third-order valence-electron chi connectivity index (χ3n) is 13.9. The minimum atomic E-state index is -4.44. The van der Waals surface area contributed by atoms with Gasteiger partial charge >= 0.3 is 7.82 Å². The molecule has 1 amide bonds. The lowest BCUT2D eigenvalue weighted by atomic mass is 10.0. The zero-order valence-electron chi connectivity index (χ0n) is 50.5. The molecule has 0 aliphatic heterocycles. The standard InChI is InChI=1S/C67H121N2O7P/c1-6-8-10-12-14-16-18-20-21-22-23-24-25-26-27-28-29-30-31-32-33-34-35-36-37-38-39-40-41-42-43-44-45-46-47-48-50-52-54-56-58-60-66(71)68-64(63-76-77(73,74)75-62-61-69(3,4)5)67(72)65(70)59-57-55-53-51-49-19-17-15-13-11-9-7-2/h8,10,14-17,20-21,23-24,26-27,29-30,51,53,64-65,67,70,72H,6-7,9,11-13,18-19,22,25,28,31-50,52,54-63H2,1-5H3,(H-,68,71,73,74)/p+1/b10-8-,16-14-,17-15+,21-20-,24-23-,27-26-,30-29-,53-51+. The molecule has 0 saturated heterocycles. The second kappa shape index (κ2) is 56.6. The molecule has 0 aliphatic rings. The smallest absolute Gasteiger partial charge is 0.390 e. The topological polar surface area (TPSA) is 125 Å². The van der Waals surface area contributed by atoms with Crippen LogP contribution in [0.3, 0.4) is 0 Å². The van der Waals surface area contributed by atoms with Crippen LogP contribution in [0.25, 0.3) is 0 Å². The predicted octanol–water partition coefficient (Wildman–Crippen LogP) is 18.7. The summed E-state index contributed by atoms with van der Waals surface area (Å²) in [4.78, 5) is 23.3. The van der Waals surface area contributed by atoms with Gasteiger partial charge in [-0.2, -0.15) is 0 Å². The molecule has 446 valence electrons. The summed E-state index contributed by atoms with van der Waals surface area (Å²) in [6.45, 7) is 4.44. The summed E-state index contributed by atoms with van der Waals surface area (Å²) in [5.41, 5.74) is 0. The second-order valence-electron chi connectivity index (χ2n) is 22.5. The Bertz CT molecular complexity index is 1590. The molecule has 0 aliphatic carbocycles. The average molecular weight is 1100 g/mol. The van der Waals surface area contributed by atoms with Gasteiger partial charge in [0.05, 0.1) is 39.9 Å². The number of aliphatic hydroxyl groups is 2. The lowest BCUT2D eigenvalue weighted by Gasteiger charge is -2.28. The largest absolute Gasteiger partial charge is 0.472 e. The molecule has 0 rings (SSSR count). The highest BCUT2D eigenvalue weighted by atomic mass is 31.2. The fourth-order valence-corrected chi connectivity index (χ4v) is 9.66. The molecular formula is C67H122N2O7P+. The van der Waals surface area contributed by atoms with Gasteiger partial charge in [0.2, 0.25) is 5.91 Å². The minimum absolute atomic E-state index is 0.0122. The van der Waals surface area contributed by atoms with Crippen molar-refractivity contribution in [1.29, 1.82) is 0 Å². The number of allylic oxidation sites excluding steroid dienone is 16. The van der Waals surface area contributed by atoms with Crippen LogP contribution in [0.5, 0.6) is 0 Å². The molecule has 0 bridgehead atoms. The molecule has 4 atom stereocenters. The van der Waals surface area contributed by atoms with Crippen LogP contribution in [0, 0.1) is 0 Å². The van der Waals surface area contributed by atoms with Crippen molar-refractivity contribution in [2.75, 3.05) is 40.9 Å². The second-order valence-corrected chi connectivity index (χ2v) is 24.0. The number of likely N-dealkylation sites (N-methyl/N-ethyl adjacent to an activating group) is 1. The summed E-state index contributed by atoms with van der Waals surface area (Å²) in [5, 5.41) is 24.8. The highest BCUT2D eigenvalue weighted by molar-refractivity contribution is 7.47. The zero-order valence-corrected chi connectivity index (χ0v) is 51.4. The van der Waals surface area contributed by atoms with Crippen LogP contribution in [-0.4, -0.2) is 84.6 Å². The van der Waals surface area contributed by atoms with Gasteiger partial charge in [0.25, 0.3) is 0 Å². The molecule has 10 heteroatoms. The Balaban J connectivity index is 3.97. The number of quaternary nitrogens is 1. The summed E-state index contributed by atoms with van der Waals surface area (Å²) in [6.07, 6.45) is 78.2. The molecule has 9 nitrogen and oxygen atoms in total. The minimum Gasteiger partial charge on any atom is -0.390 e. The Labute approximate surface area is 475 Å². The first-order chi connectivity index (χ1) is 37.4. The Kier molecular flexibility index (Phi) is 54.7. The van der Waals surface area contributed by atoms with Gasteiger partial charge in [-0.15, -0.1) is 0 Å². The number of carbonyl (C=O) groups excluding carboxylic acids is 1.